The second-order valence-electron chi connectivity index (χ2n) is 6.15. The number of aromatic amines is 1. The van der Waals surface area contributed by atoms with E-state index < -0.39 is 0 Å². The minimum absolute atomic E-state index is 0.00263. The van der Waals surface area contributed by atoms with Crippen molar-refractivity contribution in [1.29, 1.82) is 0 Å². The lowest BCUT2D eigenvalue weighted by molar-refractivity contribution is 0.0743. The van der Waals surface area contributed by atoms with Gasteiger partial charge >= 0.3 is 0 Å². The first-order valence-electron chi connectivity index (χ1n) is 8.66. The molecule has 1 heterocycles. The lowest BCUT2D eigenvalue weighted by Gasteiger charge is -2.22. The number of nitrogens with zero attached hydrogens (tertiary/aromatic N) is 2. The minimum Gasteiger partial charge on any atom is -0.388 e. The molecule has 0 fully saturated rings. The summed E-state index contributed by atoms with van der Waals surface area (Å²) in [6.45, 7) is 3.21. The number of hydrogen-bond acceptors (Lipinski definition) is 4. The number of aliphatic hydroxyl groups excluding tert-OH is 1. The summed E-state index contributed by atoms with van der Waals surface area (Å²) >= 11 is 1.71. The Kier molecular flexibility index (Phi) is 5.96. The molecule has 0 saturated heterocycles. The number of benzene rings is 2. The molecule has 1 amide bonds. The molecule has 0 aliphatic heterocycles. The van der Waals surface area contributed by atoms with E-state index in [1.165, 1.54) is 4.90 Å². The van der Waals surface area contributed by atoms with Gasteiger partial charge < -0.3 is 15.0 Å². The molecule has 26 heavy (non-hydrogen) atoms. The van der Waals surface area contributed by atoms with E-state index in [0.717, 1.165) is 23.0 Å². The van der Waals surface area contributed by atoms with Crippen LogP contribution in [0.3, 0.4) is 0 Å². The second-order valence-corrected chi connectivity index (χ2v) is 7.03. The predicted molar refractivity (Wildman–Crippen MR) is 105 cm³/mol. The summed E-state index contributed by atoms with van der Waals surface area (Å²) in [4.78, 5) is 23.4. The maximum atomic E-state index is 13.0. The number of amides is 1. The molecule has 6 heteroatoms. The molecule has 3 aromatic rings. The molecule has 0 unspecified atom stereocenters. The van der Waals surface area contributed by atoms with Gasteiger partial charge in [0.25, 0.3) is 5.91 Å². The molecule has 136 valence electrons. The van der Waals surface area contributed by atoms with Crippen LogP contribution in [0.2, 0.25) is 0 Å². The molecule has 0 saturated carbocycles. The molecule has 2 N–H and O–H groups in total. The Morgan fingerprint density at radius 3 is 2.65 bits per heavy atom. The average Bonchev–Trinajstić information content (AvgIpc) is 3.10. The lowest BCUT2D eigenvalue weighted by Crippen LogP contribution is -2.31. The normalized spacial score (nSPS) is 11.0. The number of aliphatic hydroxyl groups is 1. The number of carbonyl (C=O) groups is 1. The van der Waals surface area contributed by atoms with Gasteiger partial charge in [-0.05, 0) is 48.6 Å². The standard InChI is InChI=1S/C20H23N3O2S/c1-3-10-23(12-14-4-7-16(26-2)8-5-14)20(25)15-6-9-17-18(11-15)22-19(13-24)21-17/h4-9,11,24H,3,10,12-13H2,1-2H3,(H,21,22). The van der Waals surface area contributed by atoms with E-state index >= 15 is 0 Å². The molecule has 0 aliphatic carbocycles. The number of fused-ring (bicyclic) bond motifs is 1. The first-order chi connectivity index (χ1) is 12.6. The van der Waals surface area contributed by atoms with Crippen LogP contribution in [0.15, 0.2) is 47.4 Å². The Bertz CT molecular complexity index is 890. The molecule has 5 nitrogen and oxygen atoms in total. The first-order valence-corrected chi connectivity index (χ1v) is 9.88. The maximum absolute atomic E-state index is 13.0. The lowest BCUT2D eigenvalue weighted by atomic mass is 10.1. The molecule has 0 spiro atoms. The van der Waals surface area contributed by atoms with E-state index in [1.54, 1.807) is 17.8 Å². The van der Waals surface area contributed by atoms with Gasteiger partial charge in [0.05, 0.1) is 11.0 Å². The number of aromatic nitrogens is 2. The Balaban J connectivity index is 1.82. The third kappa shape index (κ3) is 4.08. The summed E-state index contributed by atoms with van der Waals surface area (Å²) in [5, 5.41) is 9.21. The number of thioether (sulfide) groups is 1. The maximum Gasteiger partial charge on any atom is 0.254 e. The van der Waals surface area contributed by atoms with Crippen LogP contribution >= 0.6 is 11.8 Å². The molecule has 1 aromatic heterocycles. The fraction of sp³-hybridized carbons (Fsp3) is 0.300. The van der Waals surface area contributed by atoms with Crippen molar-refractivity contribution in [2.24, 2.45) is 0 Å². The Hall–Kier alpha value is -2.31. The zero-order valence-electron chi connectivity index (χ0n) is 15.0. The Morgan fingerprint density at radius 1 is 1.23 bits per heavy atom. The van der Waals surface area contributed by atoms with Crippen LogP contribution in [-0.2, 0) is 13.2 Å². The Labute approximate surface area is 157 Å². The smallest absolute Gasteiger partial charge is 0.254 e. The van der Waals surface area contributed by atoms with Crippen molar-refractivity contribution in [3.8, 4) is 0 Å². The van der Waals surface area contributed by atoms with E-state index in [9.17, 15) is 9.90 Å². The predicted octanol–water partition coefficient (Wildman–Crippen LogP) is 3.83. The summed E-state index contributed by atoms with van der Waals surface area (Å²) in [7, 11) is 0. The number of H-pyrrole nitrogens is 1. The van der Waals surface area contributed by atoms with Crippen molar-refractivity contribution in [2.75, 3.05) is 12.8 Å². The molecule has 3 rings (SSSR count). The van der Waals surface area contributed by atoms with Gasteiger partial charge in [-0.15, -0.1) is 11.8 Å². The largest absolute Gasteiger partial charge is 0.388 e. The van der Waals surface area contributed by atoms with Gasteiger partial charge in [0.15, 0.2) is 0 Å². The van der Waals surface area contributed by atoms with Gasteiger partial charge in [-0.3, -0.25) is 4.79 Å². The summed E-state index contributed by atoms with van der Waals surface area (Å²) < 4.78 is 0. The fourth-order valence-electron chi connectivity index (χ4n) is 2.93. The van der Waals surface area contributed by atoms with Crippen molar-refractivity contribution < 1.29 is 9.90 Å². The summed E-state index contributed by atoms with van der Waals surface area (Å²) in [6.07, 6.45) is 2.95. The molecule has 0 bridgehead atoms. The van der Waals surface area contributed by atoms with Crippen LogP contribution in [0.1, 0.15) is 35.1 Å². The van der Waals surface area contributed by atoms with Gasteiger partial charge in [-0.25, -0.2) is 4.98 Å². The Morgan fingerprint density at radius 2 is 2.00 bits per heavy atom. The highest BCUT2D eigenvalue weighted by Gasteiger charge is 2.16. The number of hydrogen-bond donors (Lipinski definition) is 2. The average molecular weight is 369 g/mol. The van der Waals surface area contributed by atoms with Crippen LogP contribution in [0.5, 0.6) is 0 Å². The molecular weight excluding hydrogens is 346 g/mol. The van der Waals surface area contributed by atoms with E-state index in [2.05, 4.69) is 47.4 Å². The van der Waals surface area contributed by atoms with Crippen molar-refractivity contribution >= 4 is 28.7 Å². The summed E-state index contributed by atoms with van der Waals surface area (Å²) in [5.74, 6) is 0.506. The first kappa shape index (κ1) is 18.5. The van der Waals surface area contributed by atoms with Gasteiger partial charge in [-0.1, -0.05) is 19.1 Å². The van der Waals surface area contributed by atoms with E-state index in [4.69, 9.17) is 0 Å². The van der Waals surface area contributed by atoms with Gasteiger partial charge in [-0.2, -0.15) is 0 Å². The highest BCUT2D eigenvalue weighted by molar-refractivity contribution is 7.98. The van der Waals surface area contributed by atoms with Crippen LogP contribution < -0.4 is 0 Å². The SMILES string of the molecule is CCCN(Cc1ccc(SC)cc1)C(=O)c1ccc2nc(CO)[nH]c2c1. The molecule has 0 aliphatic rings. The van der Waals surface area contributed by atoms with Crippen molar-refractivity contribution in [3.63, 3.8) is 0 Å². The van der Waals surface area contributed by atoms with Gasteiger partial charge in [0, 0.05) is 23.5 Å². The topological polar surface area (TPSA) is 69.2 Å². The van der Waals surface area contributed by atoms with Crippen molar-refractivity contribution in [3.05, 3.63) is 59.4 Å². The number of imidazole rings is 1. The summed E-state index contributed by atoms with van der Waals surface area (Å²) in [6, 6.07) is 13.7. The summed E-state index contributed by atoms with van der Waals surface area (Å²) in [5.41, 5.74) is 3.26. The highest BCUT2D eigenvalue weighted by atomic mass is 32.2. The fourth-order valence-corrected chi connectivity index (χ4v) is 3.33. The van der Waals surface area contributed by atoms with E-state index in [-0.39, 0.29) is 12.5 Å². The number of rotatable bonds is 7. The minimum atomic E-state index is -0.147. The van der Waals surface area contributed by atoms with Crippen LogP contribution in [0.4, 0.5) is 0 Å². The van der Waals surface area contributed by atoms with Gasteiger partial charge in [0.2, 0.25) is 0 Å². The zero-order chi connectivity index (χ0) is 18.5. The van der Waals surface area contributed by atoms with Gasteiger partial charge in [0.1, 0.15) is 12.4 Å². The monoisotopic (exact) mass is 369 g/mol. The zero-order valence-corrected chi connectivity index (χ0v) is 15.8. The molecular formula is C20H23N3O2S. The molecule has 0 atom stereocenters. The molecule has 2 aromatic carbocycles. The third-order valence-electron chi connectivity index (χ3n) is 4.24. The second kappa shape index (κ2) is 8.38. The highest BCUT2D eigenvalue weighted by Crippen LogP contribution is 2.19. The number of carbonyl (C=O) groups excluding carboxylic acids is 1. The van der Waals surface area contributed by atoms with Crippen LogP contribution in [-0.4, -0.2) is 38.7 Å². The third-order valence-corrected chi connectivity index (χ3v) is 4.98. The molecule has 0 radical (unpaired) electrons. The van der Waals surface area contributed by atoms with Crippen molar-refractivity contribution in [2.45, 2.75) is 31.4 Å². The van der Waals surface area contributed by atoms with E-state index in [0.29, 0.717) is 24.5 Å². The van der Waals surface area contributed by atoms with Crippen molar-refractivity contribution in [1.82, 2.24) is 14.9 Å². The van der Waals surface area contributed by atoms with E-state index in [1.807, 2.05) is 17.0 Å². The van der Waals surface area contributed by atoms with Crippen LogP contribution in [0.25, 0.3) is 11.0 Å². The quantitative estimate of drug-likeness (QED) is 0.621. The number of nitrogens with one attached hydrogen (secondary N) is 1. The van der Waals surface area contributed by atoms with Crippen LogP contribution in [0, 0.1) is 0 Å².